The van der Waals surface area contributed by atoms with Gasteiger partial charge in [0, 0.05) is 31.5 Å². The van der Waals surface area contributed by atoms with E-state index in [0.29, 0.717) is 44.8 Å². The summed E-state index contributed by atoms with van der Waals surface area (Å²) >= 11 is 0. The highest BCUT2D eigenvalue weighted by atomic mass is 19.4. The number of ether oxygens (including phenoxy) is 2. The van der Waals surface area contributed by atoms with Gasteiger partial charge in [-0.3, -0.25) is 9.59 Å². The van der Waals surface area contributed by atoms with Crippen molar-refractivity contribution in [2.45, 2.75) is 37.2 Å². The Kier molecular flexibility index (Phi) is 5.16. The Morgan fingerprint density at radius 2 is 1.75 bits per heavy atom. The smallest absolute Gasteiger partial charge is 0.381 e. The molecule has 0 saturated carbocycles. The van der Waals surface area contributed by atoms with Crippen molar-refractivity contribution in [2.75, 3.05) is 32.9 Å². The molecule has 32 heavy (non-hydrogen) atoms. The maximum atomic E-state index is 14.3. The van der Waals surface area contributed by atoms with Gasteiger partial charge >= 0.3 is 6.18 Å². The fraction of sp³-hybridized carbons (Fsp3) is 0.619. The van der Waals surface area contributed by atoms with Crippen LogP contribution in [0.3, 0.4) is 0 Å². The highest BCUT2D eigenvalue weighted by Crippen LogP contribution is 2.40. The number of halogens is 5. The molecule has 0 spiro atoms. The largest absolute Gasteiger partial charge is 0.417 e. The van der Waals surface area contributed by atoms with Crippen molar-refractivity contribution in [3.05, 3.63) is 34.9 Å². The third-order valence-corrected chi connectivity index (χ3v) is 7.05. The molecule has 4 heterocycles. The first-order valence-corrected chi connectivity index (χ1v) is 10.5. The quantitative estimate of drug-likeness (QED) is 0.637. The molecule has 11 heteroatoms. The molecule has 0 unspecified atom stereocenters. The molecule has 2 amide bonds. The molecular weight excluding hydrogens is 439 g/mol. The molecule has 174 valence electrons. The van der Waals surface area contributed by atoms with Gasteiger partial charge in [0.15, 0.2) is 11.6 Å². The van der Waals surface area contributed by atoms with Gasteiger partial charge in [0.2, 0.25) is 0 Å². The van der Waals surface area contributed by atoms with Crippen LogP contribution in [0.5, 0.6) is 0 Å². The molecule has 5 rings (SSSR count). The van der Waals surface area contributed by atoms with Crippen molar-refractivity contribution >= 4 is 11.8 Å². The first-order valence-electron chi connectivity index (χ1n) is 10.5. The lowest BCUT2D eigenvalue weighted by molar-refractivity contribution is -0.145. The summed E-state index contributed by atoms with van der Waals surface area (Å²) in [5.74, 6) is -4.52. The molecule has 4 aliphatic heterocycles. The highest BCUT2D eigenvalue weighted by Gasteiger charge is 2.52. The van der Waals surface area contributed by atoms with Crippen molar-refractivity contribution in [3.63, 3.8) is 0 Å². The summed E-state index contributed by atoms with van der Waals surface area (Å²) < 4.78 is 79.1. The van der Waals surface area contributed by atoms with Crippen molar-refractivity contribution in [3.8, 4) is 0 Å². The van der Waals surface area contributed by atoms with Crippen LogP contribution in [0.25, 0.3) is 0 Å². The lowest BCUT2D eigenvalue weighted by Crippen LogP contribution is -2.54. The van der Waals surface area contributed by atoms with Crippen LogP contribution >= 0.6 is 0 Å². The van der Waals surface area contributed by atoms with Gasteiger partial charge in [-0.1, -0.05) is 0 Å². The van der Waals surface area contributed by atoms with Crippen LogP contribution < -0.4 is 0 Å². The summed E-state index contributed by atoms with van der Waals surface area (Å²) in [4.78, 5) is 28.7. The molecule has 0 radical (unpaired) electrons. The van der Waals surface area contributed by atoms with Crippen LogP contribution in [0.1, 0.15) is 28.8 Å². The third kappa shape index (κ3) is 3.37. The predicted molar refractivity (Wildman–Crippen MR) is 98.5 cm³/mol. The molecule has 0 aliphatic carbocycles. The summed E-state index contributed by atoms with van der Waals surface area (Å²) in [6.07, 6.45) is -4.52. The van der Waals surface area contributed by atoms with Gasteiger partial charge in [0.25, 0.3) is 11.8 Å². The van der Waals surface area contributed by atoms with Gasteiger partial charge in [0.05, 0.1) is 36.4 Å². The van der Waals surface area contributed by atoms with E-state index in [9.17, 15) is 31.5 Å². The minimum Gasteiger partial charge on any atom is -0.381 e. The van der Waals surface area contributed by atoms with E-state index < -0.39 is 53.0 Å². The van der Waals surface area contributed by atoms with E-state index >= 15 is 0 Å². The normalized spacial score (nSPS) is 31.8. The van der Waals surface area contributed by atoms with Crippen molar-refractivity contribution < 1.29 is 41.0 Å². The predicted octanol–water partition coefficient (Wildman–Crippen LogP) is 2.46. The molecule has 6 nitrogen and oxygen atoms in total. The average molecular weight is 460 g/mol. The van der Waals surface area contributed by atoms with E-state index in [2.05, 4.69) is 0 Å². The van der Waals surface area contributed by atoms with Crippen molar-refractivity contribution in [1.29, 1.82) is 0 Å². The summed E-state index contributed by atoms with van der Waals surface area (Å²) in [5, 5.41) is 0. The van der Waals surface area contributed by atoms with Crippen LogP contribution in [0.15, 0.2) is 12.1 Å². The zero-order valence-corrected chi connectivity index (χ0v) is 16.9. The zero-order valence-electron chi connectivity index (χ0n) is 16.9. The Hall–Kier alpha value is -2.27. The van der Waals surface area contributed by atoms with Crippen LogP contribution in [-0.4, -0.2) is 72.7 Å². The summed E-state index contributed by atoms with van der Waals surface area (Å²) in [5.41, 5.74) is -2.82. The van der Waals surface area contributed by atoms with Gasteiger partial charge in [-0.25, -0.2) is 8.78 Å². The lowest BCUT2D eigenvalue weighted by atomic mass is 9.86. The Bertz CT molecular complexity index is 955. The highest BCUT2D eigenvalue weighted by molar-refractivity contribution is 5.97. The number of carbonyl (C=O) groups excluding carboxylic acids is 2. The van der Waals surface area contributed by atoms with Gasteiger partial charge in [-0.05, 0) is 25.0 Å². The molecule has 2 bridgehead atoms. The first kappa shape index (κ1) is 21.6. The van der Waals surface area contributed by atoms with Crippen LogP contribution in [0.4, 0.5) is 22.0 Å². The maximum absolute atomic E-state index is 14.3. The number of carbonyl (C=O) groups is 2. The van der Waals surface area contributed by atoms with Crippen LogP contribution in [0, 0.1) is 23.5 Å². The Morgan fingerprint density at radius 1 is 1.03 bits per heavy atom. The number of amides is 2. The number of nitrogens with zero attached hydrogens (tertiary/aromatic N) is 2. The molecule has 4 saturated heterocycles. The summed E-state index contributed by atoms with van der Waals surface area (Å²) in [6, 6.07) is -0.231. The molecule has 4 aliphatic rings. The fourth-order valence-corrected chi connectivity index (χ4v) is 5.48. The second-order valence-electron chi connectivity index (χ2n) is 8.81. The van der Waals surface area contributed by atoms with Crippen LogP contribution in [0.2, 0.25) is 0 Å². The number of rotatable bonds is 2. The van der Waals surface area contributed by atoms with E-state index in [0.717, 1.165) is 4.90 Å². The number of hydrogen-bond acceptors (Lipinski definition) is 4. The van der Waals surface area contributed by atoms with Crippen molar-refractivity contribution in [2.24, 2.45) is 11.8 Å². The van der Waals surface area contributed by atoms with Gasteiger partial charge in [-0.2, -0.15) is 13.2 Å². The second-order valence-corrected chi connectivity index (χ2v) is 8.81. The van der Waals surface area contributed by atoms with E-state index in [-0.39, 0.29) is 30.8 Å². The average Bonchev–Trinajstić information content (AvgIpc) is 3.47. The number of hydrogen-bond donors (Lipinski definition) is 0. The number of fused-ring (bicyclic) bond motifs is 3. The number of alkyl halides is 3. The molecule has 0 aromatic heterocycles. The molecule has 0 N–H and O–H groups in total. The SMILES string of the molecule is O=C(c1c(C(F)(F)F)ccc(F)c1F)N1C[C@@H]2C[C@H]1CN2C(=O)[C@@H]1OC[C@@H]2COCC[C@@H]21. The minimum atomic E-state index is -5.01. The molecule has 1 aromatic rings. The first-order chi connectivity index (χ1) is 15.2. The minimum absolute atomic E-state index is 0.0353. The van der Waals surface area contributed by atoms with Gasteiger partial charge in [-0.15, -0.1) is 0 Å². The fourth-order valence-electron chi connectivity index (χ4n) is 5.48. The number of benzene rings is 1. The van der Waals surface area contributed by atoms with Gasteiger partial charge in [0.1, 0.15) is 6.10 Å². The Labute approximate surface area is 180 Å². The summed E-state index contributed by atoms with van der Waals surface area (Å²) in [7, 11) is 0. The standard InChI is InChI=1S/C21H21F5N2O4/c22-15-2-1-14(21(24,25)26)16(17(15)23)19(29)27-6-12-5-11(27)7-28(12)20(30)18-13-3-4-31-8-10(13)9-32-18/h1-2,10-13,18H,3-9H2/t10-,11-,12-,13-,18+/m0/s1. The molecular formula is C21H21F5N2O4. The number of likely N-dealkylation sites (tertiary alicyclic amines) is 2. The second kappa shape index (κ2) is 7.65. The van der Waals surface area contributed by atoms with E-state index in [1.54, 1.807) is 4.90 Å². The Morgan fingerprint density at radius 3 is 2.44 bits per heavy atom. The topological polar surface area (TPSA) is 59.1 Å². The lowest BCUT2D eigenvalue weighted by Gasteiger charge is -2.37. The molecule has 1 aromatic carbocycles. The van der Waals surface area contributed by atoms with Gasteiger partial charge < -0.3 is 19.3 Å². The number of piperazine rings is 1. The van der Waals surface area contributed by atoms with Crippen molar-refractivity contribution in [1.82, 2.24) is 9.80 Å². The monoisotopic (exact) mass is 460 g/mol. The van der Waals surface area contributed by atoms with E-state index in [1.165, 1.54) is 0 Å². The molecule has 4 fully saturated rings. The Balaban J connectivity index is 1.33. The summed E-state index contributed by atoms with van der Waals surface area (Å²) in [6.45, 7) is 1.63. The van der Waals surface area contributed by atoms with E-state index in [4.69, 9.17) is 9.47 Å². The zero-order chi connectivity index (χ0) is 22.8. The maximum Gasteiger partial charge on any atom is 0.417 e. The third-order valence-electron chi connectivity index (χ3n) is 7.05. The van der Waals surface area contributed by atoms with E-state index in [1.807, 2.05) is 0 Å². The molecule has 5 atom stereocenters. The van der Waals surface area contributed by atoms with Crippen LogP contribution in [-0.2, 0) is 20.4 Å².